The highest BCUT2D eigenvalue weighted by atomic mass is 14.7. The van der Waals surface area contributed by atoms with Gasteiger partial charge < -0.3 is 0 Å². The summed E-state index contributed by atoms with van der Waals surface area (Å²) in [4.78, 5) is 4.40. The lowest BCUT2D eigenvalue weighted by Gasteiger charge is -2.05. The fraction of sp³-hybridized carbons (Fsp3) is 0.545. The standard InChI is InChI=1S/C11H19N/c1-6-7-11(10(4)5)12-8-9(2)3/h6,8,10H,1,7H2,2-5H3/b12-11+. The average Bonchev–Trinajstić information content (AvgIpc) is 1.96. The first-order valence-corrected chi connectivity index (χ1v) is 4.38. The summed E-state index contributed by atoms with van der Waals surface area (Å²) in [6.07, 6.45) is 4.71. The van der Waals surface area contributed by atoms with Crippen LogP contribution in [0, 0.1) is 5.92 Å². The molecular formula is C11H19N. The molecule has 12 heavy (non-hydrogen) atoms. The van der Waals surface area contributed by atoms with Crippen LogP contribution in [0.25, 0.3) is 0 Å². The first kappa shape index (κ1) is 11.2. The average molecular weight is 165 g/mol. The molecule has 0 amide bonds. The maximum absolute atomic E-state index is 4.40. The minimum Gasteiger partial charge on any atom is -0.265 e. The SMILES string of the molecule is C=CC/C(=N\C=C(C)C)C(C)C. The molecule has 0 saturated heterocycles. The van der Waals surface area contributed by atoms with Crippen molar-refractivity contribution in [1.82, 2.24) is 0 Å². The molecule has 0 aliphatic heterocycles. The van der Waals surface area contributed by atoms with E-state index in [4.69, 9.17) is 0 Å². The van der Waals surface area contributed by atoms with E-state index in [-0.39, 0.29) is 0 Å². The quantitative estimate of drug-likeness (QED) is 0.446. The molecular weight excluding hydrogens is 146 g/mol. The van der Waals surface area contributed by atoms with Crippen LogP contribution in [0.4, 0.5) is 0 Å². The van der Waals surface area contributed by atoms with Crippen LogP contribution in [0.3, 0.4) is 0 Å². The molecule has 0 saturated carbocycles. The second kappa shape index (κ2) is 5.76. The number of allylic oxidation sites excluding steroid dienone is 2. The summed E-state index contributed by atoms with van der Waals surface area (Å²) >= 11 is 0. The maximum Gasteiger partial charge on any atom is 0.0253 e. The van der Waals surface area contributed by atoms with Crippen LogP contribution in [0.15, 0.2) is 29.4 Å². The van der Waals surface area contributed by atoms with E-state index in [0.717, 1.165) is 6.42 Å². The Morgan fingerprint density at radius 3 is 2.33 bits per heavy atom. The van der Waals surface area contributed by atoms with Crippen molar-refractivity contribution >= 4 is 5.71 Å². The first-order valence-electron chi connectivity index (χ1n) is 4.38. The van der Waals surface area contributed by atoms with Gasteiger partial charge in [0.15, 0.2) is 0 Å². The van der Waals surface area contributed by atoms with Crippen LogP contribution in [0.5, 0.6) is 0 Å². The molecule has 0 aromatic rings. The number of hydrogen-bond donors (Lipinski definition) is 0. The third kappa shape index (κ3) is 4.89. The van der Waals surface area contributed by atoms with E-state index < -0.39 is 0 Å². The predicted molar refractivity (Wildman–Crippen MR) is 56.5 cm³/mol. The lowest BCUT2D eigenvalue weighted by atomic mass is 10.1. The van der Waals surface area contributed by atoms with Gasteiger partial charge in [0.25, 0.3) is 0 Å². The lowest BCUT2D eigenvalue weighted by molar-refractivity contribution is 0.866. The molecule has 0 unspecified atom stereocenters. The molecule has 1 heteroatoms. The van der Waals surface area contributed by atoms with E-state index in [2.05, 4.69) is 39.3 Å². The van der Waals surface area contributed by atoms with Gasteiger partial charge >= 0.3 is 0 Å². The molecule has 0 aliphatic carbocycles. The van der Waals surface area contributed by atoms with Crippen molar-refractivity contribution in [1.29, 1.82) is 0 Å². The van der Waals surface area contributed by atoms with E-state index in [0.29, 0.717) is 5.92 Å². The number of aliphatic imine (C=N–C) groups is 1. The van der Waals surface area contributed by atoms with Gasteiger partial charge in [-0.2, -0.15) is 0 Å². The Morgan fingerprint density at radius 2 is 2.00 bits per heavy atom. The fourth-order valence-corrected chi connectivity index (χ4v) is 0.797. The van der Waals surface area contributed by atoms with Gasteiger partial charge in [0, 0.05) is 18.3 Å². The van der Waals surface area contributed by atoms with Crippen molar-refractivity contribution in [2.45, 2.75) is 34.1 Å². The van der Waals surface area contributed by atoms with Crippen LogP contribution in [0.2, 0.25) is 0 Å². The van der Waals surface area contributed by atoms with Crippen molar-refractivity contribution in [2.24, 2.45) is 10.9 Å². The minimum absolute atomic E-state index is 0.513. The van der Waals surface area contributed by atoms with Gasteiger partial charge in [0.2, 0.25) is 0 Å². The Morgan fingerprint density at radius 1 is 1.42 bits per heavy atom. The zero-order chi connectivity index (χ0) is 9.56. The molecule has 0 aromatic heterocycles. The van der Waals surface area contributed by atoms with Crippen molar-refractivity contribution in [3.63, 3.8) is 0 Å². The Hall–Kier alpha value is -0.850. The topological polar surface area (TPSA) is 12.4 Å². The smallest absolute Gasteiger partial charge is 0.0253 e. The van der Waals surface area contributed by atoms with E-state index in [1.807, 2.05) is 12.3 Å². The van der Waals surface area contributed by atoms with Gasteiger partial charge in [-0.05, 0) is 19.8 Å². The van der Waals surface area contributed by atoms with Crippen LogP contribution < -0.4 is 0 Å². The van der Waals surface area contributed by atoms with Crippen molar-refractivity contribution in [3.05, 3.63) is 24.4 Å². The summed E-state index contributed by atoms with van der Waals surface area (Å²) in [5, 5.41) is 0. The molecule has 0 heterocycles. The third-order valence-corrected chi connectivity index (χ3v) is 1.51. The Labute approximate surface area is 75.9 Å². The van der Waals surface area contributed by atoms with E-state index in [1.54, 1.807) is 0 Å². The van der Waals surface area contributed by atoms with E-state index >= 15 is 0 Å². The highest BCUT2D eigenvalue weighted by Crippen LogP contribution is 2.03. The number of rotatable bonds is 4. The molecule has 0 aliphatic rings. The molecule has 0 rings (SSSR count). The molecule has 0 fully saturated rings. The van der Waals surface area contributed by atoms with Gasteiger partial charge in [0.1, 0.15) is 0 Å². The van der Waals surface area contributed by atoms with Gasteiger partial charge in [-0.1, -0.05) is 25.5 Å². The minimum atomic E-state index is 0.513. The predicted octanol–water partition coefficient (Wildman–Crippen LogP) is 3.58. The summed E-state index contributed by atoms with van der Waals surface area (Å²) < 4.78 is 0. The summed E-state index contributed by atoms with van der Waals surface area (Å²) in [7, 11) is 0. The normalized spacial score (nSPS) is 11.6. The summed E-state index contributed by atoms with van der Waals surface area (Å²) in [5.74, 6) is 0.513. The van der Waals surface area contributed by atoms with Gasteiger partial charge in [-0.25, -0.2) is 0 Å². The van der Waals surface area contributed by atoms with Crippen LogP contribution >= 0.6 is 0 Å². The molecule has 1 nitrogen and oxygen atoms in total. The van der Waals surface area contributed by atoms with Crippen molar-refractivity contribution in [2.75, 3.05) is 0 Å². The Balaban J connectivity index is 4.38. The van der Waals surface area contributed by atoms with Gasteiger partial charge in [-0.3, -0.25) is 4.99 Å². The van der Waals surface area contributed by atoms with Crippen LogP contribution in [-0.4, -0.2) is 5.71 Å². The van der Waals surface area contributed by atoms with Crippen LogP contribution in [-0.2, 0) is 0 Å². The molecule has 0 aromatic carbocycles. The summed E-state index contributed by atoms with van der Waals surface area (Å²) in [6, 6.07) is 0. The second-order valence-electron chi connectivity index (χ2n) is 3.47. The highest BCUT2D eigenvalue weighted by Gasteiger charge is 2.00. The number of nitrogens with zero attached hydrogens (tertiary/aromatic N) is 1. The molecule has 0 spiro atoms. The lowest BCUT2D eigenvalue weighted by Crippen LogP contribution is -2.05. The molecule has 68 valence electrons. The Kier molecular flexibility index (Phi) is 5.35. The van der Waals surface area contributed by atoms with Gasteiger partial charge in [0.05, 0.1) is 0 Å². The van der Waals surface area contributed by atoms with Crippen molar-refractivity contribution in [3.8, 4) is 0 Å². The second-order valence-corrected chi connectivity index (χ2v) is 3.47. The molecule has 0 N–H and O–H groups in total. The number of hydrogen-bond acceptors (Lipinski definition) is 1. The van der Waals surface area contributed by atoms with E-state index in [1.165, 1.54) is 11.3 Å². The van der Waals surface area contributed by atoms with Crippen molar-refractivity contribution < 1.29 is 0 Å². The zero-order valence-corrected chi connectivity index (χ0v) is 8.59. The zero-order valence-electron chi connectivity index (χ0n) is 8.59. The molecule has 0 bridgehead atoms. The first-order chi connectivity index (χ1) is 5.57. The fourth-order valence-electron chi connectivity index (χ4n) is 0.797. The summed E-state index contributed by atoms with van der Waals surface area (Å²) in [6.45, 7) is 12.1. The Bertz CT molecular complexity index is 193. The third-order valence-electron chi connectivity index (χ3n) is 1.51. The molecule has 0 radical (unpaired) electrons. The van der Waals surface area contributed by atoms with Crippen LogP contribution in [0.1, 0.15) is 34.1 Å². The van der Waals surface area contributed by atoms with E-state index in [9.17, 15) is 0 Å². The maximum atomic E-state index is 4.40. The largest absolute Gasteiger partial charge is 0.265 e. The van der Waals surface area contributed by atoms with Gasteiger partial charge in [-0.15, -0.1) is 6.58 Å². The highest BCUT2D eigenvalue weighted by molar-refractivity contribution is 5.87. The molecule has 0 atom stereocenters. The summed E-state index contributed by atoms with van der Waals surface area (Å²) in [5.41, 5.74) is 2.43. The monoisotopic (exact) mass is 165 g/mol.